The third kappa shape index (κ3) is 2.62. The average molecular weight is 365 g/mol. The summed E-state index contributed by atoms with van der Waals surface area (Å²) >= 11 is 2.32. The van der Waals surface area contributed by atoms with Gasteiger partial charge in [0.05, 0.1) is 12.1 Å². The largest absolute Gasteiger partial charge is 0.493 e. The molecule has 1 atom stereocenters. The summed E-state index contributed by atoms with van der Waals surface area (Å²) in [6.07, 6.45) is 1.71. The number of benzene rings is 2. The molecule has 2 aromatic rings. The Labute approximate surface area is 127 Å². The van der Waals surface area contributed by atoms with E-state index >= 15 is 0 Å². The van der Waals surface area contributed by atoms with Gasteiger partial charge in [-0.25, -0.2) is 0 Å². The number of fused-ring (bicyclic) bond motifs is 1. The molecule has 0 saturated carbocycles. The zero-order chi connectivity index (χ0) is 13.3. The van der Waals surface area contributed by atoms with E-state index in [0.717, 1.165) is 24.2 Å². The van der Waals surface area contributed by atoms with Crippen molar-refractivity contribution in [1.29, 1.82) is 0 Å². The van der Waals surface area contributed by atoms with Crippen LogP contribution in [-0.2, 0) is 12.0 Å². The highest BCUT2D eigenvalue weighted by atomic mass is 127. The van der Waals surface area contributed by atoms with Crippen molar-refractivity contribution in [3.8, 4) is 5.75 Å². The molecular formula is C16H16INO. The molecule has 98 valence electrons. The molecule has 0 fully saturated rings. The summed E-state index contributed by atoms with van der Waals surface area (Å²) in [5.74, 6) is 0.932. The zero-order valence-corrected chi connectivity index (χ0v) is 12.8. The van der Waals surface area contributed by atoms with Crippen molar-refractivity contribution in [3.05, 3.63) is 63.2 Å². The van der Waals surface area contributed by atoms with E-state index in [9.17, 15) is 0 Å². The number of hydrogen-bond acceptors (Lipinski definition) is 2. The maximum atomic E-state index is 6.66. The minimum atomic E-state index is -0.318. The Morgan fingerprint density at radius 3 is 2.63 bits per heavy atom. The zero-order valence-electron chi connectivity index (χ0n) is 10.6. The minimum Gasteiger partial charge on any atom is -0.493 e. The van der Waals surface area contributed by atoms with Crippen molar-refractivity contribution in [3.63, 3.8) is 0 Å². The molecule has 0 bridgehead atoms. The number of hydrogen-bond donors (Lipinski definition) is 1. The third-order valence-electron chi connectivity index (χ3n) is 3.66. The Hall–Kier alpha value is -1.07. The lowest BCUT2D eigenvalue weighted by atomic mass is 9.80. The van der Waals surface area contributed by atoms with Crippen LogP contribution in [0.4, 0.5) is 0 Å². The molecule has 2 nitrogen and oxygen atoms in total. The van der Waals surface area contributed by atoms with Crippen molar-refractivity contribution in [2.45, 2.75) is 18.4 Å². The van der Waals surface area contributed by atoms with Crippen molar-refractivity contribution in [1.82, 2.24) is 0 Å². The van der Waals surface area contributed by atoms with Gasteiger partial charge in [-0.3, -0.25) is 0 Å². The highest BCUT2D eigenvalue weighted by Crippen LogP contribution is 2.37. The molecule has 0 saturated heterocycles. The topological polar surface area (TPSA) is 35.2 Å². The van der Waals surface area contributed by atoms with Crippen molar-refractivity contribution < 1.29 is 4.74 Å². The van der Waals surface area contributed by atoms with Crippen LogP contribution >= 0.6 is 22.6 Å². The molecule has 1 aliphatic heterocycles. The van der Waals surface area contributed by atoms with E-state index < -0.39 is 0 Å². The highest BCUT2D eigenvalue weighted by molar-refractivity contribution is 14.1. The van der Waals surface area contributed by atoms with Crippen LogP contribution < -0.4 is 10.5 Å². The lowest BCUT2D eigenvalue weighted by Crippen LogP contribution is -2.43. The molecular weight excluding hydrogens is 349 g/mol. The van der Waals surface area contributed by atoms with Gasteiger partial charge in [-0.2, -0.15) is 0 Å². The SMILES string of the molecule is NC1(Cc2ccc(I)cc2)CCOc2ccccc21. The van der Waals surface area contributed by atoms with Crippen LogP contribution in [0.3, 0.4) is 0 Å². The van der Waals surface area contributed by atoms with Crippen molar-refractivity contribution >= 4 is 22.6 Å². The van der Waals surface area contributed by atoms with Crippen molar-refractivity contribution in [2.75, 3.05) is 6.61 Å². The van der Waals surface area contributed by atoms with E-state index in [0.29, 0.717) is 6.61 Å². The highest BCUT2D eigenvalue weighted by Gasteiger charge is 2.33. The lowest BCUT2D eigenvalue weighted by molar-refractivity contribution is 0.215. The van der Waals surface area contributed by atoms with Crippen LogP contribution in [0.25, 0.3) is 0 Å². The first-order chi connectivity index (χ1) is 9.17. The Bertz CT molecular complexity index is 582. The van der Waals surface area contributed by atoms with Gasteiger partial charge in [-0.05, 0) is 52.8 Å². The maximum Gasteiger partial charge on any atom is 0.124 e. The smallest absolute Gasteiger partial charge is 0.124 e. The molecule has 0 radical (unpaired) electrons. The quantitative estimate of drug-likeness (QED) is 0.828. The molecule has 2 aromatic carbocycles. The van der Waals surface area contributed by atoms with E-state index in [1.54, 1.807) is 0 Å². The maximum absolute atomic E-state index is 6.66. The fourth-order valence-corrected chi connectivity index (χ4v) is 2.99. The third-order valence-corrected chi connectivity index (χ3v) is 4.38. The fourth-order valence-electron chi connectivity index (χ4n) is 2.63. The predicted molar refractivity (Wildman–Crippen MR) is 85.3 cm³/mol. The summed E-state index contributed by atoms with van der Waals surface area (Å²) in [7, 11) is 0. The fraction of sp³-hybridized carbons (Fsp3) is 0.250. The van der Waals surface area contributed by atoms with Gasteiger partial charge >= 0.3 is 0 Å². The van der Waals surface area contributed by atoms with Gasteiger partial charge < -0.3 is 10.5 Å². The van der Waals surface area contributed by atoms with Gasteiger partial charge in [-0.1, -0.05) is 30.3 Å². The molecule has 0 aromatic heterocycles. The van der Waals surface area contributed by atoms with E-state index in [4.69, 9.17) is 10.5 Å². The second-order valence-electron chi connectivity index (χ2n) is 5.05. The lowest BCUT2D eigenvalue weighted by Gasteiger charge is -2.35. The second kappa shape index (κ2) is 5.13. The molecule has 0 amide bonds. The number of halogens is 1. The first-order valence-electron chi connectivity index (χ1n) is 6.43. The first kappa shape index (κ1) is 12.9. The molecule has 1 aliphatic rings. The van der Waals surface area contributed by atoms with E-state index in [2.05, 4.69) is 52.9 Å². The molecule has 1 heterocycles. The Morgan fingerprint density at radius 1 is 1.11 bits per heavy atom. The Morgan fingerprint density at radius 2 is 1.84 bits per heavy atom. The van der Waals surface area contributed by atoms with Crippen LogP contribution in [0.2, 0.25) is 0 Å². The normalized spacial score (nSPS) is 21.6. The molecule has 2 N–H and O–H groups in total. The van der Waals surface area contributed by atoms with Crippen LogP contribution in [0.5, 0.6) is 5.75 Å². The van der Waals surface area contributed by atoms with E-state index in [-0.39, 0.29) is 5.54 Å². The van der Waals surface area contributed by atoms with Gasteiger partial charge in [0, 0.05) is 15.6 Å². The minimum absolute atomic E-state index is 0.318. The van der Waals surface area contributed by atoms with Crippen molar-refractivity contribution in [2.24, 2.45) is 5.73 Å². The standard InChI is InChI=1S/C16H16INO/c17-13-7-5-12(6-8-13)11-16(18)9-10-19-15-4-2-1-3-14(15)16/h1-8H,9-11,18H2. The number of para-hydroxylation sites is 1. The van der Waals surface area contributed by atoms with Crippen LogP contribution in [0.15, 0.2) is 48.5 Å². The molecule has 19 heavy (non-hydrogen) atoms. The molecule has 1 unspecified atom stereocenters. The summed E-state index contributed by atoms with van der Waals surface area (Å²) in [6.45, 7) is 0.692. The molecule has 3 rings (SSSR count). The van der Waals surface area contributed by atoms with Gasteiger partial charge in [0.2, 0.25) is 0 Å². The summed E-state index contributed by atoms with van der Waals surface area (Å²) in [4.78, 5) is 0. The summed E-state index contributed by atoms with van der Waals surface area (Å²) in [5, 5.41) is 0. The second-order valence-corrected chi connectivity index (χ2v) is 6.30. The summed E-state index contributed by atoms with van der Waals surface area (Å²) in [6, 6.07) is 16.7. The van der Waals surface area contributed by atoms with E-state index in [1.807, 2.05) is 18.2 Å². The van der Waals surface area contributed by atoms with Gasteiger partial charge in [0.15, 0.2) is 0 Å². The Kier molecular flexibility index (Phi) is 3.50. The molecule has 0 spiro atoms. The Balaban J connectivity index is 1.93. The summed E-state index contributed by atoms with van der Waals surface area (Å²) in [5.41, 5.74) is 8.74. The van der Waals surface area contributed by atoms with Crippen LogP contribution in [0.1, 0.15) is 17.5 Å². The average Bonchev–Trinajstić information content (AvgIpc) is 2.42. The predicted octanol–water partition coefficient (Wildman–Crippen LogP) is 3.47. The van der Waals surface area contributed by atoms with Crippen LogP contribution in [-0.4, -0.2) is 6.61 Å². The van der Waals surface area contributed by atoms with Gasteiger partial charge in [-0.15, -0.1) is 0 Å². The van der Waals surface area contributed by atoms with Crippen LogP contribution in [0, 0.1) is 3.57 Å². The molecule has 3 heteroatoms. The van der Waals surface area contributed by atoms with Gasteiger partial charge in [0.25, 0.3) is 0 Å². The number of rotatable bonds is 2. The van der Waals surface area contributed by atoms with E-state index in [1.165, 1.54) is 9.13 Å². The van der Waals surface area contributed by atoms with Gasteiger partial charge in [0.1, 0.15) is 5.75 Å². The number of ether oxygens (including phenoxy) is 1. The molecule has 0 aliphatic carbocycles. The monoisotopic (exact) mass is 365 g/mol. The first-order valence-corrected chi connectivity index (χ1v) is 7.51. The summed E-state index contributed by atoms with van der Waals surface area (Å²) < 4.78 is 6.94. The number of nitrogens with two attached hydrogens (primary N) is 1.